The second-order valence-electron chi connectivity index (χ2n) is 3.76. The summed E-state index contributed by atoms with van der Waals surface area (Å²) in [5, 5.41) is 2.78. The molecule has 0 fully saturated rings. The molecule has 1 amide bonds. The zero-order chi connectivity index (χ0) is 11.3. The van der Waals surface area contributed by atoms with Gasteiger partial charge in [-0.2, -0.15) is 0 Å². The second kappa shape index (κ2) is 5.58. The van der Waals surface area contributed by atoms with Gasteiger partial charge in [0.15, 0.2) is 5.78 Å². The van der Waals surface area contributed by atoms with E-state index in [2.05, 4.69) is 5.32 Å². The van der Waals surface area contributed by atoms with Crippen molar-refractivity contribution in [3.63, 3.8) is 0 Å². The lowest BCUT2D eigenvalue weighted by atomic mass is 10.1. The summed E-state index contributed by atoms with van der Waals surface area (Å²) in [5.74, 6) is -0.105. The van der Waals surface area contributed by atoms with Crippen LogP contribution in [0, 0.1) is 5.92 Å². The van der Waals surface area contributed by atoms with Crippen molar-refractivity contribution < 1.29 is 9.59 Å². The van der Waals surface area contributed by atoms with Crippen LogP contribution < -0.4 is 5.32 Å². The predicted octanol–water partition coefficient (Wildman–Crippen LogP) is 1.68. The molecule has 0 bridgehead atoms. The summed E-state index contributed by atoms with van der Waals surface area (Å²) in [6.45, 7) is 9.06. The van der Waals surface area contributed by atoms with E-state index in [1.165, 1.54) is 6.92 Å². The van der Waals surface area contributed by atoms with Crippen LogP contribution in [0.1, 0.15) is 34.6 Å². The maximum Gasteiger partial charge on any atom is 0.254 e. The van der Waals surface area contributed by atoms with E-state index in [0.717, 1.165) is 0 Å². The number of ketones is 1. The van der Waals surface area contributed by atoms with Crippen molar-refractivity contribution in [3.8, 4) is 0 Å². The van der Waals surface area contributed by atoms with Crippen molar-refractivity contribution in [2.75, 3.05) is 0 Å². The lowest BCUT2D eigenvalue weighted by Gasteiger charge is -2.17. The third kappa shape index (κ3) is 3.73. The van der Waals surface area contributed by atoms with Gasteiger partial charge in [0, 0.05) is 6.04 Å². The fourth-order valence-corrected chi connectivity index (χ4v) is 0.945. The van der Waals surface area contributed by atoms with E-state index in [1.54, 1.807) is 13.0 Å². The van der Waals surface area contributed by atoms with E-state index < -0.39 is 0 Å². The quantitative estimate of drug-likeness (QED) is 0.423. The molecule has 0 radical (unpaired) electrons. The largest absolute Gasteiger partial charge is 0.349 e. The molecule has 0 aliphatic rings. The standard InChI is InChI=1S/C11H19NO2/c1-6-10(9(5)13)11(14)12-8(4)7(2)3/h6-8H,1-5H3,(H,12,14)/b10-6+/t8-/m0/s1. The Kier molecular flexibility index (Phi) is 5.13. The highest BCUT2D eigenvalue weighted by atomic mass is 16.2. The molecular weight excluding hydrogens is 178 g/mol. The van der Waals surface area contributed by atoms with Crippen molar-refractivity contribution in [1.29, 1.82) is 0 Å². The zero-order valence-electron chi connectivity index (χ0n) is 9.55. The van der Waals surface area contributed by atoms with Crippen molar-refractivity contribution in [2.24, 2.45) is 5.92 Å². The summed E-state index contributed by atoms with van der Waals surface area (Å²) in [7, 11) is 0. The highest BCUT2D eigenvalue weighted by molar-refractivity contribution is 6.18. The highest BCUT2D eigenvalue weighted by Crippen LogP contribution is 2.03. The van der Waals surface area contributed by atoms with Crippen molar-refractivity contribution in [1.82, 2.24) is 5.32 Å². The predicted molar refractivity (Wildman–Crippen MR) is 56.9 cm³/mol. The van der Waals surface area contributed by atoms with Crippen LogP contribution in [0.15, 0.2) is 11.6 Å². The number of hydrogen-bond donors (Lipinski definition) is 1. The topological polar surface area (TPSA) is 46.2 Å². The molecule has 0 unspecified atom stereocenters. The molecular formula is C11H19NO2. The molecule has 3 nitrogen and oxygen atoms in total. The SMILES string of the molecule is C/C=C(\C(C)=O)C(=O)N[C@@H](C)C(C)C. The van der Waals surface area contributed by atoms with Gasteiger partial charge in [0.2, 0.25) is 0 Å². The van der Waals surface area contributed by atoms with Gasteiger partial charge in [0.1, 0.15) is 0 Å². The van der Waals surface area contributed by atoms with Crippen molar-refractivity contribution in [3.05, 3.63) is 11.6 Å². The molecule has 1 N–H and O–H groups in total. The summed E-state index contributed by atoms with van der Waals surface area (Å²) >= 11 is 0. The van der Waals surface area contributed by atoms with Crippen molar-refractivity contribution >= 4 is 11.7 Å². The minimum Gasteiger partial charge on any atom is -0.349 e. The molecule has 0 aliphatic carbocycles. The first-order valence-corrected chi connectivity index (χ1v) is 4.88. The van der Waals surface area contributed by atoms with E-state index in [0.29, 0.717) is 5.92 Å². The van der Waals surface area contributed by atoms with E-state index in [9.17, 15) is 9.59 Å². The number of allylic oxidation sites excluding steroid dienone is 1. The van der Waals surface area contributed by atoms with Crippen molar-refractivity contribution in [2.45, 2.75) is 40.7 Å². The first-order chi connectivity index (χ1) is 6.40. The van der Waals surface area contributed by atoms with Crippen LogP contribution in [0.25, 0.3) is 0 Å². The minimum absolute atomic E-state index is 0.0804. The van der Waals surface area contributed by atoms with Gasteiger partial charge in [-0.1, -0.05) is 19.9 Å². The third-order valence-corrected chi connectivity index (χ3v) is 2.27. The molecule has 0 aromatic heterocycles. The fraction of sp³-hybridized carbons (Fsp3) is 0.636. The first-order valence-electron chi connectivity index (χ1n) is 4.88. The molecule has 14 heavy (non-hydrogen) atoms. The maximum atomic E-state index is 11.5. The van der Waals surface area contributed by atoms with E-state index in [-0.39, 0.29) is 23.3 Å². The maximum absolute atomic E-state index is 11.5. The average Bonchev–Trinajstić information content (AvgIpc) is 2.04. The number of amides is 1. The van der Waals surface area contributed by atoms with Crippen LogP contribution in [0.5, 0.6) is 0 Å². The molecule has 80 valence electrons. The molecule has 1 atom stereocenters. The number of Topliss-reactive ketones (excluding diaryl/α,β-unsaturated/α-hetero) is 1. The van der Waals surface area contributed by atoms with Gasteiger partial charge in [-0.15, -0.1) is 0 Å². The highest BCUT2D eigenvalue weighted by Gasteiger charge is 2.16. The Morgan fingerprint density at radius 2 is 1.71 bits per heavy atom. The molecule has 3 heteroatoms. The monoisotopic (exact) mass is 197 g/mol. The molecule has 0 saturated carbocycles. The van der Waals surface area contributed by atoms with Gasteiger partial charge in [0.25, 0.3) is 5.91 Å². The van der Waals surface area contributed by atoms with Crippen LogP contribution >= 0.6 is 0 Å². The lowest BCUT2D eigenvalue weighted by molar-refractivity contribution is -0.122. The van der Waals surface area contributed by atoms with Gasteiger partial charge in [-0.3, -0.25) is 9.59 Å². The molecule has 0 rings (SSSR count). The van der Waals surface area contributed by atoms with Crippen LogP contribution in [-0.4, -0.2) is 17.7 Å². The summed E-state index contributed by atoms with van der Waals surface area (Å²) in [4.78, 5) is 22.6. The number of rotatable bonds is 4. The zero-order valence-corrected chi connectivity index (χ0v) is 9.55. The van der Waals surface area contributed by atoms with E-state index >= 15 is 0 Å². The smallest absolute Gasteiger partial charge is 0.254 e. The van der Waals surface area contributed by atoms with E-state index in [1.807, 2.05) is 20.8 Å². The summed E-state index contributed by atoms with van der Waals surface area (Å²) in [5.41, 5.74) is 0.234. The Bertz CT molecular complexity index is 254. The van der Waals surface area contributed by atoms with Gasteiger partial charge in [-0.05, 0) is 26.7 Å². The number of carbonyl (C=O) groups excluding carboxylic acids is 2. The molecule has 0 aromatic carbocycles. The summed E-state index contributed by atoms with van der Waals surface area (Å²) < 4.78 is 0. The Morgan fingerprint density at radius 3 is 2.00 bits per heavy atom. The molecule has 0 aromatic rings. The van der Waals surface area contributed by atoms with Gasteiger partial charge < -0.3 is 5.32 Å². The summed E-state index contributed by atoms with van der Waals surface area (Å²) in [6.07, 6.45) is 1.55. The Morgan fingerprint density at radius 1 is 1.21 bits per heavy atom. The Balaban J connectivity index is 4.42. The van der Waals surface area contributed by atoms with Crippen LogP contribution in [0.2, 0.25) is 0 Å². The summed E-state index contributed by atoms with van der Waals surface area (Å²) in [6, 6.07) is 0.0804. The Hall–Kier alpha value is -1.12. The first kappa shape index (κ1) is 12.9. The number of nitrogens with one attached hydrogen (secondary N) is 1. The van der Waals surface area contributed by atoms with Crippen LogP contribution in [-0.2, 0) is 9.59 Å². The average molecular weight is 197 g/mol. The molecule has 0 spiro atoms. The Labute approximate surface area is 85.6 Å². The number of hydrogen-bond acceptors (Lipinski definition) is 2. The molecule has 0 saturated heterocycles. The van der Waals surface area contributed by atoms with E-state index in [4.69, 9.17) is 0 Å². The second-order valence-corrected chi connectivity index (χ2v) is 3.76. The van der Waals surface area contributed by atoms with Crippen LogP contribution in [0.4, 0.5) is 0 Å². The van der Waals surface area contributed by atoms with Crippen LogP contribution in [0.3, 0.4) is 0 Å². The van der Waals surface area contributed by atoms with Gasteiger partial charge in [-0.25, -0.2) is 0 Å². The third-order valence-electron chi connectivity index (χ3n) is 2.27. The normalized spacial score (nSPS) is 14.0. The lowest BCUT2D eigenvalue weighted by Crippen LogP contribution is -2.38. The fourth-order valence-electron chi connectivity index (χ4n) is 0.945. The minimum atomic E-state index is -0.277. The van der Waals surface area contributed by atoms with Gasteiger partial charge >= 0.3 is 0 Å². The number of carbonyl (C=O) groups is 2. The van der Waals surface area contributed by atoms with Gasteiger partial charge in [0.05, 0.1) is 5.57 Å². The molecule has 0 heterocycles. The molecule has 0 aliphatic heterocycles.